The molecule has 5 nitrogen and oxygen atoms in total. The third-order valence-corrected chi connectivity index (χ3v) is 4.58. The highest BCUT2D eigenvalue weighted by Crippen LogP contribution is 2.17. The molecule has 2 rings (SSSR count). The van der Waals surface area contributed by atoms with Crippen molar-refractivity contribution >= 4 is 18.3 Å². The molecule has 0 aromatic heterocycles. The van der Waals surface area contributed by atoms with Crippen LogP contribution < -0.4 is 15.4 Å². The SMILES string of the molecule is COCCCOc1ccc(C(=O)NCCNC2CCCCCC2)cc1.Cl. The van der Waals surface area contributed by atoms with Gasteiger partial charge in [0, 0.05) is 44.8 Å². The van der Waals surface area contributed by atoms with Crippen LogP contribution in [-0.4, -0.2) is 45.4 Å². The minimum Gasteiger partial charge on any atom is -0.494 e. The number of methoxy groups -OCH3 is 1. The van der Waals surface area contributed by atoms with Crippen molar-refractivity contribution in [2.45, 2.75) is 51.0 Å². The first-order valence-corrected chi connectivity index (χ1v) is 9.53. The van der Waals surface area contributed by atoms with Gasteiger partial charge in [-0.25, -0.2) is 0 Å². The quantitative estimate of drug-likeness (QED) is 0.478. The third kappa shape index (κ3) is 8.88. The maximum absolute atomic E-state index is 12.2. The molecule has 1 aromatic rings. The van der Waals surface area contributed by atoms with Crippen LogP contribution in [0.2, 0.25) is 0 Å². The lowest BCUT2D eigenvalue weighted by Crippen LogP contribution is -2.36. The summed E-state index contributed by atoms with van der Waals surface area (Å²) in [6.07, 6.45) is 8.75. The molecule has 1 aromatic carbocycles. The van der Waals surface area contributed by atoms with Gasteiger partial charge in [-0.15, -0.1) is 12.4 Å². The Bertz CT molecular complexity index is 488. The van der Waals surface area contributed by atoms with Crippen molar-refractivity contribution in [3.63, 3.8) is 0 Å². The number of hydrogen-bond donors (Lipinski definition) is 2. The number of ether oxygens (including phenoxy) is 2. The average Bonchev–Trinajstić information content (AvgIpc) is 2.91. The van der Waals surface area contributed by atoms with E-state index in [0.29, 0.717) is 31.4 Å². The van der Waals surface area contributed by atoms with Gasteiger partial charge in [0.15, 0.2) is 0 Å². The maximum Gasteiger partial charge on any atom is 0.251 e. The summed E-state index contributed by atoms with van der Waals surface area (Å²) < 4.78 is 10.6. The van der Waals surface area contributed by atoms with Crippen LogP contribution in [0.1, 0.15) is 55.3 Å². The van der Waals surface area contributed by atoms with Crippen LogP contribution in [0.4, 0.5) is 0 Å². The summed E-state index contributed by atoms with van der Waals surface area (Å²) in [5.74, 6) is 0.747. The molecule has 2 N–H and O–H groups in total. The topological polar surface area (TPSA) is 59.6 Å². The molecule has 6 heteroatoms. The molecule has 0 saturated heterocycles. The van der Waals surface area contributed by atoms with E-state index in [-0.39, 0.29) is 18.3 Å². The monoisotopic (exact) mass is 384 g/mol. The molecular formula is C20H33ClN2O3. The predicted octanol–water partition coefficient (Wildman–Crippen LogP) is 3.57. The second-order valence-electron chi connectivity index (χ2n) is 6.62. The summed E-state index contributed by atoms with van der Waals surface area (Å²) in [6.45, 7) is 2.79. The zero-order valence-corrected chi connectivity index (χ0v) is 16.6. The average molecular weight is 385 g/mol. The van der Waals surface area contributed by atoms with E-state index in [4.69, 9.17) is 9.47 Å². The Balaban J connectivity index is 0.00000338. The standard InChI is InChI=1S/C20H32N2O3.ClH/c1-24-15-6-16-25-19-11-9-17(10-12-19)20(23)22-14-13-21-18-7-4-2-3-5-8-18;/h9-12,18,21H,2-8,13-16H2,1H3,(H,22,23);1H. The highest BCUT2D eigenvalue weighted by molar-refractivity contribution is 5.94. The van der Waals surface area contributed by atoms with E-state index >= 15 is 0 Å². The van der Waals surface area contributed by atoms with Crippen LogP contribution >= 0.6 is 12.4 Å². The van der Waals surface area contributed by atoms with E-state index in [1.54, 1.807) is 19.2 Å². The van der Waals surface area contributed by atoms with Gasteiger partial charge >= 0.3 is 0 Å². The van der Waals surface area contributed by atoms with Gasteiger partial charge in [0.1, 0.15) is 5.75 Å². The Morgan fingerprint density at radius 1 is 1.04 bits per heavy atom. The number of rotatable bonds is 10. The molecule has 0 bridgehead atoms. The molecule has 0 spiro atoms. The zero-order chi connectivity index (χ0) is 17.7. The first-order chi connectivity index (χ1) is 12.3. The van der Waals surface area contributed by atoms with Gasteiger partial charge in [0.2, 0.25) is 0 Å². The van der Waals surface area contributed by atoms with Crippen molar-refractivity contribution in [2.24, 2.45) is 0 Å². The molecule has 1 amide bonds. The summed E-state index contributed by atoms with van der Waals surface area (Å²) in [5, 5.41) is 6.54. The van der Waals surface area contributed by atoms with Gasteiger partial charge in [-0.2, -0.15) is 0 Å². The summed E-state index contributed by atoms with van der Waals surface area (Å²) in [5.41, 5.74) is 0.665. The lowest BCUT2D eigenvalue weighted by Gasteiger charge is -2.16. The first-order valence-electron chi connectivity index (χ1n) is 9.53. The molecule has 1 aliphatic rings. The van der Waals surface area contributed by atoms with Crippen molar-refractivity contribution in [3.8, 4) is 5.75 Å². The van der Waals surface area contributed by atoms with Crippen LogP contribution in [-0.2, 0) is 4.74 Å². The fourth-order valence-corrected chi connectivity index (χ4v) is 3.13. The van der Waals surface area contributed by atoms with Crippen molar-refractivity contribution < 1.29 is 14.3 Å². The summed E-state index contributed by atoms with van der Waals surface area (Å²) in [6, 6.07) is 7.91. The van der Waals surface area contributed by atoms with Crippen LogP contribution in [0, 0.1) is 0 Å². The Morgan fingerprint density at radius 3 is 2.38 bits per heavy atom. The number of benzene rings is 1. The fraction of sp³-hybridized carbons (Fsp3) is 0.650. The maximum atomic E-state index is 12.2. The normalized spacial score (nSPS) is 15.0. The lowest BCUT2D eigenvalue weighted by atomic mass is 10.1. The van der Waals surface area contributed by atoms with Gasteiger partial charge in [-0.1, -0.05) is 25.7 Å². The molecule has 1 saturated carbocycles. The summed E-state index contributed by atoms with van der Waals surface area (Å²) >= 11 is 0. The number of carbonyl (C=O) groups is 1. The number of hydrogen-bond acceptors (Lipinski definition) is 4. The number of halogens is 1. The second-order valence-corrected chi connectivity index (χ2v) is 6.62. The van der Waals surface area contributed by atoms with Gasteiger partial charge in [0.25, 0.3) is 5.91 Å². The number of nitrogens with one attached hydrogen (secondary N) is 2. The summed E-state index contributed by atoms with van der Waals surface area (Å²) in [4.78, 5) is 12.2. The minimum atomic E-state index is -0.0337. The van der Waals surface area contributed by atoms with Crippen LogP contribution in [0.3, 0.4) is 0 Å². The lowest BCUT2D eigenvalue weighted by molar-refractivity contribution is 0.0953. The molecule has 1 fully saturated rings. The first kappa shape index (κ1) is 22.7. The Morgan fingerprint density at radius 2 is 1.73 bits per heavy atom. The molecule has 1 aliphatic carbocycles. The van der Waals surface area contributed by atoms with Gasteiger partial charge < -0.3 is 20.1 Å². The van der Waals surface area contributed by atoms with E-state index in [1.165, 1.54) is 38.5 Å². The van der Waals surface area contributed by atoms with Crippen molar-refractivity contribution in [2.75, 3.05) is 33.4 Å². The van der Waals surface area contributed by atoms with Crippen LogP contribution in [0.25, 0.3) is 0 Å². The largest absolute Gasteiger partial charge is 0.494 e. The number of carbonyl (C=O) groups excluding carboxylic acids is 1. The predicted molar refractivity (Wildman–Crippen MR) is 108 cm³/mol. The highest BCUT2D eigenvalue weighted by Gasteiger charge is 2.11. The smallest absolute Gasteiger partial charge is 0.251 e. The van der Waals surface area contributed by atoms with E-state index in [0.717, 1.165) is 18.7 Å². The van der Waals surface area contributed by atoms with Crippen LogP contribution in [0.15, 0.2) is 24.3 Å². The molecule has 0 unspecified atom stereocenters. The van der Waals surface area contributed by atoms with E-state index in [2.05, 4.69) is 10.6 Å². The van der Waals surface area contributed by atoms with Gasteiger partial charge in [0.05, 0.1) is 6.61 Å². The van der Waals surface area contributed by atoms with Gasteiger partial charge in [-0.3, -0.25) is 4.79 Å². The molecular weight excluding hydrogens is 352 g/mol. The molecule has 0 radical (unpaired) electrons. The summed E-state index contributed by atoms with van der Waals surface area (Å²) in [7, 11) is 1.68. The fourth-order valence-electron chi connectivity index (χ4n) is 3.13. The zero-order valence-electron chi connectivity index (χ0n) is 15.8. The van der Waals surface area contributed by atoms with Crippen molar-refractivity contribution in [3.05, 3.63) is 29.8 Å². The molecule has 26 heavy (non-hydrogen) atoms. The Labute approximate surface area is 163 Å². The minimum absolute atomic E-state index is 0. The molecule has 0 heterocycles. The van der Waals surface area contributed by atoms with E-state index in [1.807, 2.05) is 12.1 Å². The van der Waals surface area contributed by atoms with Crippen molar-refractivity contribution in [1.82, 2.24) is 10.6 Å². The highest BCUT2D eigenvalue weighted by atomic mass is 35.5. The molecule has 0 aliphatic heterocycles. The second kappa shape index (κ2) is 13.8. The van der Waals surface area contributed by atoms with Crippen molar-refractivity contribution in [1.29, 1.82) is 0 Å². The Hall–Kier alpha value is -1.30. The Kier molecular flexibility index (Phi) is 12.1. The number of amides is 1. The van der Waals surface area contributed by atoms with E-state index in [9.17, 15) is 4.79 Å². The van der Waals surface area contributed by atoms with Gasteiger partial charge in [-0.05, 0) is 37.1 Å². The third-order valence-electron chi connectivity index (χ3n) is 4.58. The van der Waals surface area contributed by atoms with E-state index < -0.39 is 0 Å². The molecule has 148 valence electrons. The van der Waals surface area contributed by atoms with Crippen LogP contribution in [0.5, 0.6) is 5.75 Å². The molecule has 0 atom stereocenters.